The van der Waals surface area contributed by atoms with E-state index in [0.29, 0.717) is 11.8 Å². The molecule has 0 heterocycles. The molecule has 0 radical (unpaired) electrons. The second kappa shape index (κ2) is 6.15. The molecule has 0 bridgehead atoms. The molecule has 0 saturated heterocycles. The predicted octanol–water partition coefficient (Wildman–Crippen LogP) is 1.48. The average molecular weight is 340 g/mol. The van der Waals surface area contributed by atoms with Crippen LogP contribution in [0.4, 0.5) is 0 Å². The van der Waals surface area contributed by atoms with Gasteiger partial charge < -0.3 is 35.7 Å². The van der Waals surface area contributed by atoms with Gasteiger partial charge in [-0.3, -0.25) is 0 Å². The van der Waals surface area contributed by atoms with E-state index in [0.717, 1.165) is 0 Å². The summed E-state index contributed by atoms with van der Waals surface area (Å²) in [6, 6.07) is 5.74. The first-order chi connectivity index (χ1) is 10.8. The minimum Gasteiger partial charge on any atom is -0.503 e. The van der Waals surface area contributed by atoms with Gasteiger partial charge in [0.05, 0.1) is 0 Å². The Morgan fingerprint density at radius 1 is 0.870 bits per heavy atom. The molecule has 7 N–H and O–H groups in total. The molecular formula is C14H12O8S. The molecule has 0 aliphatic carbocycles. The van der Waals surface area contributed by atoms with Crippen molar-refractivity contribution < 1.29 is 40.5 Å². The first-order valence-electron chi connectivity index (χ1n) is 6.12. The summed E-state index contributed by atoms with van der Waals surface area (Å²) < 4.78 is 0. The van der Waals surface area contributed by atoms with Crippen molar-refractivity contribution in [3.63, 3.8) is 0 Å². The van der Waals surface area contributed by atoms with E-state index >= 15 is 0 Å². The monoisotopic (exact) mass is 340 g/mol. The van der Waals surface area contributed by atoms with Crippen molar-refractivity contribution in [1.29, 1.82) is 0 Å². The smallest absolute Gasteiger partial charge is 0.337 e. The van der Waals surface area contributed by atoms with Crippen LogP contribution in [0.25, 0.3) is 0 Å². The summed E-state index contributed by atoms with van der Waals surface area (Å²) in [6.07, 6.45) is -1.85. The molecule has 2 aromatic carbocycles. The van der Waals surface area contributed by atoms with E-state index in [1.54, 1.807) is 0 Å². The highest BCUT2D eigenvalue weighted by Gasteiger charge is 2.26. The third-order valence-electron chi connectivity index (χ3n) is 2.99. The fourth-order valence-corrected chi connectivity index (χ4v) is 2.85. The van der Waals surface area contributed by atoms with Gasteiger partial charge in [-0.15, -0.1) is 0 Å². The zero-order chi connectivity index (χ0) is 17.3. The molecule has 9 heteroatoms. The highest BCUT2D eigenvalue weighted by Crippen LogP contribution is 2.56. The maximum Gasteiger partial charge on any atom is 0.337 e. The van der Waals surface area contributed by atoms with E-state index in [1.165, 1.54) is 24.3 Å². The Morgan fingerprint density at radius 3 is 1.87 bits per heavy atom. The van der Waals surface area contributed by atoms with E-state index in [-0.39, 0.29) is 10.5 Å². The number of aliphatic carboxylic acids is 1. The van der Waals surface area contributed by atoms with Crippen molar-refractivity contribution in [2.75, 3.05) is 0 Å². The number of phenols is 5. The third kappa shape index (κ3) is 2.91. The summed E-state index contributed by atoms with van der Waals surface area (Å²) in [5, 5.41) is 66.5. The van der Waals surface area contributed by atoms with Crippen molar-refractivity contribution in [2.45, 2.75) is 15.9 Å². The lowest BCUT2D eigenvalue weighted by Crippen LogP contribution is -2.11. The molecule has 1 unspecified atom stereocenters. The van der Waals surface area contributed by atoms with Gasteiger partial charge in [0.15, 0.2) is 17.6 Å². The van der Waals surface area contributed by atoms with Gasteiger partial charge in [-0.25, -0.2) is 4.79 Å². The molecule has 23 heavy (non-hydrogen) atoms. The molecular weight excluding hydrogens is 328 g/mol. The van der Waals surface area contributed by atoms with Crippen molar-refractivity contribution in [3.8, 4) is 28.7 Å². The zero-order valence-corrected chi connectivity index (χ0v) is 12.2. The summed E-state index contributed by atoms with van der Waals surface area (Å²) in [5.74, 6) is -6.48. The summed E-state index contributed by atoms with van der Waals surface area (Å²) in [7, 11) is 0. The number of aliphatic hydroxyl groups is 1. The van der Waals surface area contributed by atoms with Crippen LogP contribution in [0, 0.1) is 0 Å². The summed E-state index contributed by atoms with van der Waals surface area (Å²) in [5.41, 5.74) is -0.0177. The maximum atomic E-state index is 10.9. The van der Waals surface area contributed by atoms with Gasteiger partial charge in [-0.05, 0) is 6.07 Å². The molecule has 2 rings (SSSR count). The van der Waals surface area contributed by atoms with Gasteiger partial charge in [0.1, 0.15) is 4.90 Å². The number of aliphatic hydroxyl groups excluding tert-OH is 1. The van der Waals surface area contributed by atoms with Gasteiger partial charge in [0, 0.05) is 10.5 Å². The topological polar surface area (TPSA) is 159 Å². The van der Waals surface area contributed by atoms with Crippen molar-refractivity contribution in [1.82, 2.24) is 0 Å². The van der Waals surface area contributed by atoms with E-state index < -0.39 is 45.7 Å². The molecule has 0 amide bonds. The van der Waals surface area contributed by atoms with E-state index in [9.17, 15) is 35.4 Å². The van der Waals surface area contributed by atoms with E-state index in [2.05, 4.69) is 0 Å². The normalized spacial score (nSPS) is 12.0. The Labute approximate surface area is 133 Å². The SMILES string of the molecule is O=C(O)C(O)c1ccccc1Sc1c(O)c(O)c(O)c(O)c1O. The third-order valence-corrected chi connectivity index (χ3v) is 4.17. The second-order valence-electron chi connectivity index (χ2n) is 4.45. The first-order valence-corrected chi connectivity index (χ1v) is 6.93. The standard InChI is InChI=1S/C14H12O8S/c15-7(14(21)22)5-3-1-2-4-6(5)23-13-11(19)9(17)8(16)10(18)12(13)20/h1-4,7,15-20H,(H,21,22). The van der Waals surface area contributed by atoms with Crippen molar-refractivity contribution in [3.05, 3.63) is 29.8 Å². The summed E-state index contributed by atoms with van der Waals surface area (Å²) >= 11 is 0.596. The molecule has 1 atom stereocenters. The van der Waals surface area contributed by atoms with Gasteiger partial charge in [-0.1, -0.05) is 30.0 Å². The molecule has 0 spiro atoms. The lowest BCUT2D eigenvalue weighted by atomic mass is 10.1. The number of carboxylic acids is 1. The van der Waals surface area contributed by atoms with Crippen LogP contribution in [0.15, 0.2) is 34.1 Å². The number of aromatic hydroxyl groups is 5. The van der Waals surface area contributed by atoms with E-state index in [4.69, 9.17) is 5.11 Å². The molecule has 0 aromatic heterocycles. The average Bonchev–Trinajstić information content (AvgIpc) is 2.54. The number of hydrogen-bond donors (Lipinski definition) is 7. The summed E-state index contributed by atoms with van der Waals surface area (Å²) in [4.78, 5) is 10.7. The Hall–Kier alpha value is -2.78. The van der Waals surface area contributed by atoms with Crippen LogP contribution < -0.4 is 0 Å². The van der Waals surface area contributed by atoms with Crippen LogP contribution in [-0.2, 0) is 4.79 Å². The van der Waals surface area contributed by atoms with Crippen molar-refractivity contribution in [2.24, 2.45) is 0 Å². The van der Waals surface area contributed by atoms with Crippen LogP contribution in [0.3, 0.4) is 0 Å². The highest BCUT2D eigenvalue weighted by atomic mass is 32.2. The molecule has 0 fully saturated rings. The quantitative estimate of drug-likeness (QED) is 0.323. The minimum absolute atomic E-state index is 0.0177. The van der Waals surface area contributed by atoms with Crippen LogP contribution >= 0.6 is 11.8 Å². The largest absolute Gasteiger partial charge is 0.503 e. The van der Waals surface area contributed by atoms with Crippen LogP contribution in [0.5, 0.6) is 28.7 Å². The molecule has 2 aromatic rings. The molecule has 0 saturated carbocycles. The number of benzene rings is 2. The van der Waals surface area contributed by atoms with E-state index in [1.807, 2.05) is 0 Å². The summed E-state index contributed by atoms with van der Waals surface area (Å²) in [6.45, 7) is 0. The van der Waals surface area contributed by atoms with Crippen LogP contribution in [-0.4, -0.2) is 41.7 Å². The molecule has 8 nitrogen and oxygen atoms in total. The number of carbonyl (C=O) groups is 1. The van der Waals surface area contributed by atoms with Gasteiger partial charge in [0.2, 0.25) is 17.2 Å². The van der Waals surface area contributed by atoms with Crippen LogP contribution in [0.1, 0.15) is 11.7 Å². The zero-order valence-electron chi connectivity index (χ0n) is 11.3. The number of phenolic OH excluding ortho intramolecular Hbond substituents is 5. The number of carboxylic acid groups (broad SMARTS) is 1. The Balaban J connectivity index is 2.56. The van der Waals surface area contributed by atoms with Crippen LogP contribution in [0.2, 0.25) is 0 Å². The highest BCUT2D eigenvalue weighted by molar-refractivity contribution is 7.99. The van der Waals surface area contributed by atoms with Gasteiger partial charge in [-0.2, -0.15) is 0 Å². The molecule has 0 aliphatic heterocycles. The lowest BCUT2D eigenvalue weighted by molar-refractivity contribution is -0.147. The predicted molar refractivity (Wildman–Crippen MR) is 77.9 cm³/mol. The Morgan fingerprint density at radius 2 is 1.35 bits per heavy atom. The Bertz CT molecular complexity index is 745. The fourth-order valence-electron chi connectivity index (χ4n) is 1.80. The second-order valence-corrected chi connectivity index (χ2v) is 5.51. The minimum atomic E-state index is -1.85. The number of hydrogen-bond acceptors (Lipinski definition) is 8. The number of rotatable bonds is 4. The Kier molecular flexibility index (Phi) is 4.43. The fraction of sp³-hybridized carbons (Fsp3) is 0.0714. The van der Waals surface area contributed by atoms with Crippen molar-refractivity contribution >= 4 is 17.7 Å². The first kappa shape index (κ1) is 16.6. The molecule has 0 aliphatic rings. The maximum absolute atomic E-state index is 10.9. The van der Waals surface area contributed by atoms with Gasteiger partial charge in [0.25, 0.3) is 0 Å². The van der Waals surface area contributed by atoms with Gasteiger partial charge >= 0.3 is 5.97 Å². The lowest BCUT2D eigenvalue weighted by Gasteiger charge is -2.15. The molecule has 122 valence electrons.